The Hall–Kier alpha value is -1.63. The predicted octanol–water partition coefficient (Wildman–Crippen LogP) is 2.08. The number of esters is 1. The molecule has 6 nitrogen and oxygen atoms in total. The summed E-state index contributed by atoms with van der Waals surface area (Å²) in [6.07, 6.45) is 0.458. The van der Waals surface area contributed by atoms with Gasteiger partial charge in [-0.3, -0.25) is 9.59 Å². The Labute approximate surface area is 120 Å². The first kappa shape index (κ1) is 18.4. The highest BCUT2D eigenvalue weighted by Crippen LogP contribution is 2.21. The quantitative estimate of drug-likeness (QED) is 0.296. The molecule has 0 bridgehead atoms. The van der Waals surface area contributed by atoms with Crippen molar-refractivity contribution in [2.45, 2.75) is 46.2 Å². The number of carbonyl (C=O) groups excluding carboxylic acids is 3. The van der Waals surface area contributed by atoms with Crippen LogP contribution in [0.2, 0.25) is 12.1 Å². The third-order valence-corrected chi connectivity index (χ3v) is 5.99. The van der Waals surface area contributed by atoms with Crippen LogP contribution in [0.4, 0.5) is 0 Å². The van der Waals surface area contributed by atoms with Gasteiger partial charge in [-0.25, -0.2) is 4.79 Å². The van der Waals surface area contributed by atoms with E-state index in [0.717, 1.165) is 0 Å². The molecule has 20 heavy (non-hydrogen) atoms. The fourth-order valence-corrected chi connectivity index (χ4v) is 4.22. The standard InChI is InChI=1S/C13H22O6Si/c1-6-20(18-11(4)14,19-12(5)15)9-7-8-17-13(16)10(2)3/h2,6-9H2,1,3-5H3. The van der Waals surface area contributed by atoms with Crippen LogP contribution in [-0.4, -0.2) is 33.1 Å². The van der Waals surface area contributed by atoms with Gasteiger partial charge in [0.05, 0.1) is 6.61 Å². The molecule has 0 unspecified atom stereocenters. The van der Waals surface area contributed by atoms with E-state index in [1.54, 1.807) is 13.8 Å². The largest absolute Gasteiger partial charge is 0.485 e. The van der Waals surface area contributed by atoms with E-state index in [0.29, 0.717) is 24.1 Å². The van der Waals surface area contributed by atoms with Gasteiger partial charge < -0.3 is 13.6 Å². The summed E-state index contributed by atoms with van der Waals surface area (Å²) in [4.78, 5) is 33.5. The lowest BCUT2D eigenvalue weighted by Crippen LogP contribution is -2.44. The van der Waals surface area contributed by atoms with Crippen molar-refractivity contribution in [1.29, 1.82) is 0 Å². The third-order valence-electron chi connectivity index (χ3n) is 2.48. The van der Waals surface area contributed by atoms with E-state index in [-0.39, 0.29) is 6.61 Å². The highest BCUT2D eigenvalue weighted by atomic mass is 28.4. The molecule has 0 aliphatic carbocycles. The molecule has 0 atom stereocenters. The van der Waals surface area contributed by atoms with Crippen LogP contribution >= 0.6 is 0 Å². The van der Waals surface area contributed by atoms with Gasteiger partial charge in [-0.15, -0.1) is 0 Å². The molecule has 0 fully saturated rings. The summed E-state index contributed by atoms with van der Waals surface area (Å²) in [5.41, 5.74) is 0.323. The summed E-state index contributed by atoms with van der Waals surface area (Å²) >= 11 is 0. The van der Waals surface area contributed by atoms with Crippen molar-refractivity contribution < 1.29 is 28.0 Å². The molecule has 0 saturated carbocycles. The maximum absolute atomic E-state index is 11.2. The first-order valence-corrected chi connectivity index (χ1v) is 8.67. The van der Waals surface area contributed by atoms with E-state index in [9.17, 15) is 14.4 Å². The molecule has 0 aromatic heterocycles. The van der Waals surface area contributed by atoms with Gasteiger partial charge in [-0.2, -0.15) is 0 Å². The van der Waals surface area contributed by atoms with Crippen LogP contribution in [0, 0.1) is 0 Å². The van der Waals surface area contributed by atoms with Crippen molar-refractivity contribution in [3.8, 4) is 0 Å². The zero-order chi connectivity index (χ0) is 15.8. The Bertz CT molecular complexity index is 374. The fourth-order valence-electron chi connectivity index (χ4n) is 1.60. The number of ether oxygens (including phenoxy) is 1. The van der Waals surface area contributed by atoms with Gasteiger partial charge in [0.15, 0.2) is 0 Å². The molecule has 7 heteroatoms. The number of hydrogen-bond donors (Lipinski definition) is 0. The maximum Gasteiger partial charge on any atom is 0.464 e. The molecule has 0 N–H and O–H groups in total. The second kappa shape index (κ2) is 8.52. The van der Waals surface area contributed by atoms with Crippen molar-refractivity contribution in [2.75, 3.05) is 6.61 Å². The molecule has 0 saturated heterocycles. The van der Waals surface area contributed by atoms with E-state index in [1.807, 2.05) is 0 Å². The van der Waals surface area contributed by atoms with Crippen LogP contribution < -0.4 is 0 Å². The van der Waals surface area contributed by atoms with Crippen LogP contribution in [0.25, 0.3) is 0 Å². The minimum absolute atomic E-state index is 0.170. The van der Waals surface area contributed by atoms with Crippen LogP contribution in [0.15, 0.2) is 12.2 Å². The van der Waals surface area contributed by atoms with Gasteiger partial charge in [-0.1, -0.05) is 13.5 Å². The smallest absolute Gasteiger partial charge is 0.464 e. The highest BCUT2D eigenvalue weighted by Gasteiger charge is 2.41. The lowest BCUT2D eigenvalue weighted by molar-refractivity contribution is -0.141. The third kappa shape index (κ3) is 7.08. The Morgan fingerprint density at radius 2 is 1.55 bits per heavy atom. The average Bonchev–Trinajstić information content (AvgIpc) is 2.32. The highest BCUT2D eigenvalue weighted by molar-refractivity contribution is 6.70. The Balaban J connectivity index is 4.49. The zero-order valence-electron chi connectivity index (χ0n) is 12.5. The minimum atomic E-state index is -2.91. The van der Waals surface area contributed by atoms with Crippen LogP contribution in [0.3, 0.4) is 0 Å². The van der Waals surface area contributed by atoms with Crippen LogP contribution in [0.5, 0.6) is 0 Å². The van der Waals surface area contributed by atoms with Gasteiger partial charge in [0.2, 0.25) is 0 Å². The first-order chi connectivity index (χ1) is 9.22. The Morgan fingerprint density at radius 1 is 1.05 bits per heavy atom. The molecular weight excluding hydrogens is 280 g/mol. The molecule has 0 aliphatic heterocycles. The van der Waals surface area contributed by atoms with Crippen molar-refractivity contribution in [1.82, 2.24) is 0 Å². The fraction of sp³-hybridized carbons (Fsp3) is 0.615. The van der Waals surface area contributed by atoms with Crippen molar-refractivity contribution >= 4 is 26.5 Å². The van der Waals surface area contributed by atoms with E-state index in [2.05, 4.69) is 6.58 Å². The maximum atomic E-state index is 11.2. The molecule has 0 rings (SSSR count). The summed E-state index contributed by atoms with van der Waals surface area (Å²) in [6, 6.07) is 0.854. The molecule has 0 spiro atoms. The summed E-state index contributed by atoms with van der Waals surface area (Å²) in [7, 11) is -2.91. The minimum Gasteiger partial charge on any atom is -0.485 e. The summed E-state index contributed by atoms with van der Waals surface area (Å²) in [5, 5.41) is 0. The van der Waals surface area contributed by atoms with Crippen molar-refractivity contribution in [2.24, 2.45) is 0 Å². The predicted molar refractivity (Wildman–Crippen MR) is 75.0 cm³/mol. The number of hydrogen-bond acceptors (Lipinski definition) is 6. The lowest BCUT2D eigenvalue weighted by atomic mass is 10.4. The van der Waals surface area contributed by atoms with Crippen molar-refractivity contribution in [3.63, 3.8) is 0 Å². The van der Waals surface area contributed by atoms with E-state index in [4.69, 9.17) is 13.6 Å². The number of rotatable bonds is 8. The molecule has 0 aliphatic rings. The van der Waals surface area contributed by atoms with Gasteiger partial charge in [-0.05, 0) is 13.3 Å². The summed E-state index contributed by atoms with van der Waals surface area (Å²) in [6.45, 7) is 9.57. The normalized spacial score (nSPS) is 10.6. The molecule has 114 valence electrons. The Kier molecular flexibility index (Phi) is 7.82. The SMILES string of the molecule is C=C(C)C(=O)OCCC[Si](CC)(OC(C)=O)OC(C)=O. The molecule has 0 heterocycles. The van der Waals surface area contributed by atoms with E-state index >= 15 is 0 Å². The average molecular weight is 302 g/mol. The summed E-state index contributed by atoms with van der Waals surface area (Å²) < 4.78 is 15.5. The first-order valence-electron chi connectivity index (χ1n) is 6.44. The van der Waals surface area contributed by atoms with Crippen LogP contribution in [-0.2, 0) is 28.0 Å². The van der Waals surface area contributed by atoms with Crippen LogP contribution in [0.1, 0.15) is 34.1 Å². The zero-order valence-corrected chi connectivity index (χ0v) is 13.5. The van der Waals surface area contributed by atoms with Gasteiger partial charge in [0.25, 0.3) is 11.9 Å². The topological polar surface area (TPSA) is 78.9 Å². The molecular formula is C13H22O6Si. The monoisotopic (exact) mass is 302 g/mol. The number of carbonyl (C=O) groups is 3. The molecule has 0 amide bonds. The lowest BCUT2D eigenvalue weighted by Gasteiger charge is -2.27. The molecule has 0 aromatic rings. The second-order valence-corrected chi connectivity index (χ2v) is 7.91. The second-order valence-electron chi connectivity index (χ2n) is 4.47. The van der Waals surface area contributed by atoms with E-state index < -0.39 is 26.5 Å². The van der Waals surface area contributed by atoms with E-state index in [1.165, 1.54) is 13.8 Å². The molecule has 0 aromatic carbocycles. The molecule has 0 radical (unpaired) electrons. The van der Waals surface area contributed by atoms with Gasteiger partial charge in [0.1, 0.15) is 0 Å². The van der Waals surface area contributed by atoms with Crippen molar-refractivity contribution in [3.05, 3.63) is 12.2 Å². The Morgan fingerprint density at radius 3 is 1.90 bits per heavy atom. The summed E-state index contributed by atoms with van der Waals surface area (Å²) in [5.74, 6) is -1.41. The van der Waals surface area contributed by atoms with Gasteiger partial charge >= 0.3 is 14.5 Å². The van der Waals surface area contributed by atoms with Gasteiger partial charge in [0, 0.05) is 31.5 Å².